The predicted octanol–water partition coefficient (Wildman–Crippen LogP) is 12.8. The molecular weight excluding hydrogens is 750 g/mol. The third-order valence-electron chi connectivity index (χ3n) is 8.92. The minimum absolute atomic E-state index is 0.0125. The van der Waals surface area contributed by atoms with Crippen LogP contribution < -0.4 is 0 Å². The molecule has 9 nitrogen and oxygen atoms in total. The van der Waals surface area contributed by atoms with Gasteiger partial charge in [0.25, 0.3) is 0 Å². The molecule has 0 radical (unpaired) electrons. The van der Waals surface area contributed by atoms with E-state index in [0.717, 1.165) is 70.6 Å². The molecule has 58 heavy (non-hydrogen) atoms. The van der Waals surface area contributed by atoms with Crippen LogP contribution in [0.3, 0.4) is 0 Å². The highest BCUT2D eigenvalue weighted by atomic mass is 31.2. The second-order valence-electron chi connectivity index (χ2n) is 15.7. The first kappa shape index (κ1) is 55.2. The number of ether oxygens (including phenoxy) is 2. The summed E-state index contributed by atoms with van der Waals surface area (Å²) in [4.78, 5) is 35.3. The third kappa shape index (κ3) is 42.8. The highest BCUT2D eigenvalue weighted by molar-refractivity contribution is 7.47. The second-order valence-corrected chi connectivity index (χ2v) is 17.1. The molecule has 2 atom stereocenters. The average Bonchev–Trinajstić information content (AvgIpc) is 3.17. The number of phosphoric acid groups is 1. The number of allylic oxidation sites excluding steroid dienone is 14. The van der Waals surface area contributed by atoms with E-state index >= 15 is 0 Å². The predicted molar refractivity (Wildman–Crippen MR) is 242 cm³/mol. The Morgan fingerprint density at radius 3 is 1.53 bits per heavy atom. The number of unbranched alkanes of at least 4 members (excludes halogenated alkanes) is 11. The number of hydrogen-bond donors (Lipinski definition) is 1. The quantitative estimate of drug-likeness (QED) is 0.0214. The maximum absolute atomic E-state index is 12.7. The van der Waals surface area contributed by atoms with Gasteiger partial charge >= 0.3 is 19.8 Å². The summed E-state index contributed by atoms with van der Waals surface area (Å²) < 4.78 is 34.2. The molecule has 0 aliphatic carbocycles. The number of rotatable bonds is 39. The maximum atomic E-state index is 12.7. The summed E-state index contributed by atoms with van der Waals surface area (Å²) in [6.45, 7) is 4.19. The van der Waals surface area contributed by atoms with Gasteiger partial charge in [-0.15, -0.1) is 0 Å². The Bertz CT molecular complexity index is 1260. The number of phosphoric ester groups is 1. The molecule has 0 aromatic rings. The monoisotopic (exact) mass is 833 g/mol. The van der Waals surface area contributed by atoms with E-state index in [0.29, 0.717) is 23.9 Å². The number of esters is 2. The Morgan fingerprint density at radius 2 is 1.02 bits per heavy atom. The third-order valence-corrected chi connectivity index (χ3v) is 9.91. The Hall–Kier alpha value is -2.81. The van der Waals surface area contributed by atoms with E-state index in [-0.39, 0.29) is 26.1 Å². The molecule has 0 saturated heterocycles. The van der Waals surface area contributed by atoms with Gasteiger partial charge in [0.1, 0.15) is 19.8 Å². The van der Waals surface area contributed by atoms with Crippen molar-refractivity contribution >= 4 is 19.8 Å². The molecule has 10 heteroatoms. The minimum Gasteiger partial charge on any atom is -0.462 e. The first-order chi connectivity index (χ1) is 28.0. The molecule has 332 valence electrons. The van der Waals surface area contributed by atoms with Gasteiger partial charge in [-0.1, -0.05) is 150 Å². The van der Waals surface area contributed by atoms with Crippen molar-refractivity contribution in [1.29, 1.82) is 0 Å². The van der Waals surface area contributed by atoms with Crippen molar-refractivity contribution in [3.63, 3.8) is 0 Å². The fourth-order valence-corrected chi connectivity index (χ4v) is 6.19. The average molecular weight is 833 g/mol. The molecule has 0 aliphatic heterocycles. The van der Waals surface area contributed by atoms with Crippen molar-refractivity contribution in [1.82, 2.24) is 0 Å². The van der Waals surface area contributed by atoms with E-state index in [4.69, 9.17) is 18.5 Å². The summed E-state index contributed by atoms with van der Waals surface area (Å²) in [5.74, 6) is -0.914. The van der Waals surface area contributed by atoms with Crippen LogP contribution in [-0.2, 0) is 32.7 Å². The summed E-state index contributed by atoms with van der Waals surface area (Å²) in [6.07, 6.45) is 50.8. The Kier molecular flexibility index (Phi) is 37.7. The zero-order valence-electron chi connectivity index (χ0n) is 37.2. The van der Waals surface area contributed by atoms with Crippen LogP contribution in [0.1, 0.15) is 155 Å². The standard InChI is InChI=1S/C48H82NO8P/c1-6-8-10-12-14-16-18-20-22-23-24-25-27-29-31-33-35-37-39-41-48(51)57-46(45-56-58(52,53)55-43-42-49(3,4)5)44-54-47(50)40-38-36-34-32-30-28-26-21-19-17-15-13-11-9-7-2/h8,10,14,16,20-22,24-26,29,31,35,37,46H,6-7,9,11-13,15,17-19,23,27-28,30,32-34,36,38-45H2,1-5H3/p+1/b10-8+,16-14+,22-20+,25-24+,26-21+,31-29+,37-35+/t46-/m1/s1. The minimum atomic E-state index is -4.40. The number of carbonyl (C=O) groups is 2. The van der Waals surface area contributed by atoms with Crippen LogP contribution in [0.25, 0.3) is 0 Å². The van der Waals surface area contributed by atoms with Gasteiger partial charge in [0.15, 0.2) is 6.10 Å². The van der Waals surface area contributed by atoms with Crippen molar-refractivity contribution in [2.45, 2.75) is 161 Å². The van der Waals surface area contributed by atoms with Gasteiger partial charge < -0.3 is 18.9 Å². The van der Waals surface area contributed by atoms with Gasteiger partial charge in [0, 0.05) is 12.8 Å². The van der Waals surface area contributed by atoms with E-state index < -0.39 is 32.5 Å². The number of carbonyl (C=O) groups excluding carboxylic acids is 2. The number of nitrogens with zero attached hydrogens (tertiary/aromatic N) is 1. The lowest BCUT2D eigenvalue weighted by Crippen LogP contribution is -2.37. The van der Waals surface area contributed by atoms with Gasteiger partial charge in [-0.2, -0.15) is 0 Å². The lowest BCUT2D eigenvalue weighted by Gasteiger charge is -2.24. The molecule has 0 bridgehead atoms. The highest BCUT2D eigenvalue weighted by Gasteiger charge is 2.27. The molecule has 1 unspecified atom stereocenters. The lowest BCUT2D eigenvalue weighted by molar-refractivity contribution is -0.870. The topological polar surface area (TPSA) is 108 Å². The Labute approximate surface area is 354 Å². The second kappa shape index (κ2) is 39.6. The first-order valence-corrected chi connectivity index (χ1v) is 23.8. The lowest BCUT2D eigenvalue weighted by atomic mass is 10.1. The Morgan fingerprint density at radius 1 is 0.552 bits per heavy atom. The van der Waals surface area contributed by atoms with Crippen LogP contribution in [0.5, 0.6) is 0 Å². The zero-order chi connectivity index (χ0) is 42.8. The molecule has 0 aromatic carbocycles. The van der Waals surface area contributed by atoms with E-state index in [9.17, 15) is 19.0 Å². The molecule has 0 saturated carbocycles. The van der Waals surface area contributed by atoms with Crippen LogP contribution >= 0.6 is 7.82 Å². The van der Waals surface area contributed by atoms with E-state index in [1.807, 2.05) is 33.3 Å². The summed E-state index contributed by atoms with van der Waals surface area (Å²) in [7, 11) is 1.41. The first-order valence-electron chi connectivity index (χ1n) is 22.3. The number of likely N-dealkylation sites (N-methyl/N-ethyl adjacent to an activating group) is 1. The fraction of sp³-hybridized carbons (Fsp3) is 0.667. The van der Waals surface area contributed by atoms with Gasteiger partial charge in [-0.3, -0.25) is 18.6 Å². The van der Waals surface area contributed by atoms with Crippen molar-refractivity contribution in [2.75, 3.05) is 47.5 Å². The molecule has 1 N–H and O–H groups in total. The van der Waals surface area contributed by atoms with Gasteiger partial charge in [-0.05, 0) is 77.0 Å². The maximum Gasteiger partial charge on any atom is 0.472 e. The van der Waals surface area contributed by atoms with E-state index in [2.05, 4.69) is 86.8 Å². The van der Waals surface area contributed by atoms with Crippen LogP contribution in [0.15, 0.2) is 85.1 Å². The van der Waals surface area contributed by atoms with Crippen molar-refractivity contribution in [3.05, 3.63) is 85.1 Å². The summed E-state index contributed by atoms with van der Waals surface area (Å²) in [5, 5.41) is 0. The van der Waals surface area contributed by atoms with E-state index in [1.54, 1.807) is 0 Å². The highest BCUT2D eigenvalue weighted by Crippen LogP contribution is 2.43. The smallest absolute Gasteiger partial charge is 0.462 e. The van der Waals surface area contributed by atoms with Crippen LogP contribution in [0, 0.1) is 0 Å². The molecule has 0 amide bonds. The molecule has 0 rings (SSSR count). The van der Waals surface area contributed by atoms with Crippen molar-refractivity contribution < 1.29 is 42.1 Å². The van der Waals surface area contributed by atoms with Gasteiger partial charge in [-0.25, -0.2) is 4.57 Å². The molecule has 0 fully saturated rings. The largest absolute Gasteiger partial charge is 0.472 e. The Balaban J connectivity index is 4.52. The van der Waals surface area contributed by atoms with Gasteiger partial charge in [0.2, 0.25) is 0 Å². The summed E-state index contributed by atoms with van der Waals surface area (Å²) in [5.41, 5.74) is 0. The van der Waals surface area contributed by atoms with Crippen molar-refractivity contribution in [2.24, 2.45) is 0 Å². The number of hydrogen-bond acceptors (Lipinski definition) is 7. The number of quaternary nitrogens is 1. The summed E-state index contributed by atoms with van der Waals surface area (Å²) >= 11 is 0. The fourth-order valence-electron chi connectivity index (χ4n) is 5.44. The molecular formula is C48H83NO8P+. The molecule has 0 aromatic heterocycles. The van der Waals surface area contributed by atoms with Gasteiger partial charge in [0.05, 0.1) is 27.7 Å². The van der Waals surface area contributed by atoms with Crippen LogP contribution in [0.2, 0.25) is 0 Å². The van der Waals surface area contributed by atoms with E-state index in [1.165, 1.54) is 44.9 Å². The van der Waals surface area contributed by atoms with Crippen molar-refractivity contribution in [3.8, 4) is 0 Å². The SMILES string of the molecule is CC/C=C/C/C=C/C/C=C/C/C=C/C/C=C/C/C=C/CCC(=O)O[C@H](COC(=O)CCCCCCC/C=C/CCCCCCCC)COP(=O)(O)OCC[N+](C)(C)C. The molecule has 0 aliphatic rings. The van der Waals surface area contributed by atoms with Crippen LogP contribution in [0.4, 0.5) is 0 Å². The normalized spacial score (nSPS) is 14.4. The molecule has 0 spiro atoms. The summed E-state index contributed by atoms with van der Waals surface area (Å²) in [6, 6.07) is 0. The zero-order valence-corrected chi connectivity index (χ0v) is 38.1. The van der Waals surface area contributed by atoms with Crippen LogP contribution in [-0.4, -0.2) is 74.9 Å². The molecule has 0 heterocycles.